The number of piperidine rings is 1. The molecule has 100 valence electrons. The maximum atomic E-state index is 11.1. The molecule has 0 radical (unpaired) electrons. The van der Waals surface area contributed by atoms with Crippen molar-refractivity contribution < 1.29 is 4.79 Å². The SMILES string of the molecule is Cn1c(CNC2CCC(=O)NC2)nc2ccccc21. The van der Waals surface area contributed by atoms with Crippen LogP contribution in [0.3, 0.4) is 0 Å². The first-order chi connectivity index (χ1) is 9.24. The van der Waals surface area contributed by atoms with Crippen LogP contribution < -0.4 is 10.6 Å². The number of carbonyl (C=O) groups excluding carboxylic acids is 1. The highest BCUT2D eigenvalue weighted by Crippen LogP contribution is 2.14. The van der Waals surface area contributed by atoms with Crippen LogP contribution in [0.5, 0.6) is 0 Å². The molecule has 1 aromatic heterocycles. The van der Waals surface area contributed by atoms with Gasteiger partial charge in [-0.2, -0.15) is 0 Å². The number of hydrogen-bond donors (Lipinski definition) is 2. The van der Waals surface area contributed by atoms with Gasteiger partial charge in [0.05, 0.1) is 17.6 Å². The van der Waals surface area contributed by atoms with E-state index >= 15 is 0 Å². The maximum Gasteiger partial charge on any atom is 0.220 e. The first kappa shape index (κ1) is 12.2. The minimum absolute atomic E-state index is 0.154. The van der Waals surface area contributed by atoms with Gasteiger partial charge in [0.1, 0.15) is 5.82 Å². The van der Waals surface area contributed by atoms with Crippen LogP contribution in [-0.4, -0.2) is 28.0 Å². The Morgan fingerprint density at radius 1 is 1.47 bits per heavy atom. The second-order valence-corrected chi connectivity index (χ2v) is 5.00. The normalized spacial score (nSPS) is 19.6. The zero-order valence-electron chi connectivity index (χ0n) is 11.0. The number of aryl methyl sites for hydroxylation is 1. The van der Waals surface area contributed by atoms with Gasteiger partial charge in [0, 0.05) is 26.1 Å². The molecule has 1 atom stereocenters. The van der Waals surface area contributed by atoms with Gasteiger partial charge in [0.2, 0.25) is 5.91 Å². The Morgan fingerprint density at radius 3 is 3.05 bits per heavy atom. The van der Waals surface area contributed by atoms with Gasteiger partial charge in [-0.25, -0.2) is 4.98 Å². The summed E-state index contributed by atoms with van der Waals surface area (Å²) in [6.45, 7) is 1.44. The van der Waals surface area contributed by atoms with Gasteiger partial charge in [-0.1, -0.05) is 12.1 Å². The molecule has 3 rings (SSSR count). The van der Waals surface area contributed by atoms with E-state index in [-0.39, 0.29) is 5.91 Å². The molecule has 1 amide bonds. The molecule has 1 aliphatic heterocycles. The zero-order chi connectivity index (χ0) is 13.2. The zero-order valence-corrected chi connectivity index (χ0v) is 11.0. The molecule has 5 nitrogen and oxygen atoms in total. The predicted octanol–water partition coefficient (Wildman–Crippen LogP) is 0.942. The molecule has 0 spiro atoms. The van der Waals surface area contributed by atoms with E-state index in [1.54, 1.807) is 0 Å². The number of imidazole rings is 1. The number of hydrogen-bond acceptors (Lipinski definition) is 3. The summed E-state index contributed by atoms with van der Waals surface area (Å²) in [5, 5.41) is 6.34. The molecule has 2 heterocycles. The lowest BCUT2D eigenvalue weighted by Crippen LogP contribution is -2.45. The van der Waals surface area contributed by atoms with E-state index < -0.39 is 0 Å². The molecule has 1 saturated heterocycles. The predicted molar refractivity (Wildman–Crippen MR) is 73.6 cm³/mol. The van der Waals surface area contributed by atoms with Gasteiger partial charge < -0.3 is 15.2 Å². The second kappa shape index (κ2) is 5.01. The number of benzene rings is 1. The highest BCUT2D eigenvalue weighted by Gasteiger charge is 2.18. The Hall–Kier alpha value is -1.88. The molecule has 1 fully saturated rings. The Bertz CT molecular complexity index is 595. The molecule has 1 unspecified atom stereocenters. The summed E-state index contributed by atoms with van der Waals surface area (Å²) in [4.78, 5) is 15.7. The van der Waals surface area contributed by atoms with Crippen LogP contribution in [0.15, 0.2) is 24.3 Å². The van der Waals surface area contributed by atoms with Crippen LogP contribution in [0.4, 0.5) is 0 Å². The summed E-state index contributed by atoms with van der Waals surface area (Å²) < 4.78 is 2.11. The van der Waals surface area contributed by atoms with Gasteiger partial charge in [0.15, 0.2) is 0 Å². The molecular formula is C14H18N4O. The third-order valence-corrected chi connectivity index (χ3v) is 3.69. The fourth-order valence-corrected chi connectivity index (χ4v) is 2.50. The third kappa shape index (κ3) is 2.46. The summed E-state index contributed by atoms with van der Waals surface area (Å²) in [6, 6.07) is 8.48. The average Bonchev–Trinajstić information content (AvgIpc) is 2.76. The summed E-state index contributed by atoms with van der Waals surface area (Å²) in [5.74, 6) is 1.18. The lowest BCUT2D eigenvalue weighted by Gasteiger charge is -2.23. The molecule has 2 aromatic rings. The van der Waals surface area contributed by atoms with Crippen molar-refractivity contribution in [1.82, 2.24) is 20.2 Å². The molecule has 1 aromatic carbocycles. The van der Waals surface area contributed by atoms with Crippen LogP contribution in [0, 0.1) is 0 Å². The smallest absolute Gasteiger partial charge is 0.220 e. The fourth-order valence-electron chi connectivity index (χ4n) is 2.50. The average molecular weight is 258 g/mol. The standard InChI is InChI=1S/C14H18N4O/c1-18-12-5-3-2-4-11(12)17-13(18)9-15-10-6-7-14(19)16-8-10/h2-5,10,15H,6-9H2,1H3,(H,16,19). The number of fused-ring (bicyclic) bond motifs is 1. The van der Waals surface area contributed by atoms with Crippen molar-refractivity contribution in [2.75, 3.05) is 6.54 Å². The highest BCUT2D eigenvalue weighted by atomic mass is 16.1. The Balaban J connectivity index is 1.68. The maximum absolute atomic E-state index is 11.1. The van der Waals surface area contributed by atoms with E-state index in [0.29, 0.717) is 19.0 Å². The largest absolute Gasteiger partial charge is 0.355 e. The van der Waals surface area contributed by atoms with Gasteiger partial charge >= 0.3 is 0 Å². The lowest BCUT2D eigenvalue weighted by molar-refractivity contribution is -0.122. The fraction of sp³-hybridized carbons (Fsp3) is 0.429. The summed E-state index contributed by atoms with van der Waals surface area (Å²) in [6.07, 6.45) is 1.51. The molecule has 19 heavy (non-hydrogen) atoms. The third-order valence-electron chi connectivity index (χ3n) is 3.69. The number of amides is 1. The number of para-hydroxylation sites is 2. The second-order valence-electron chi connectivity index (χ2n) is 5.00. The first-order valence-corrected chi connectivity index (χ1v) is 6.64. The van der Waals surface area contributed by atoms with Crippen molar-refractivity contribution in [3.05, 3.63) is 30.1 Å². The van der Waals surface area contributed by atoms with Gasteiger partial charge in [0.25, 0.3) is 0 Å². The van der Waals surface area contributed by atoms with Crippen LogP contribution in [0.25, 0.3) is 11.0 Å². The topological polar surface area (TPSA) is 59.0 Å². The quantitative estimate of drug-likeness (QED) is 0.861. The minimum Gasteiger partial charge on any atom is -0.355 e. The molecule has 0 saturated carbocycles. The van der Waals surface area contributed by atoms with E-state index in [1.807, 2.05) is 25.2 Å². The summed E-state index contributed by atoms with van der Waals surface area (Å²) in [7, 11) is 2.04. The molecular weight excluding hydrogens is 240 g/mol. The Morgan fingerprint density at radius 2 is 2.32 bits per heavy atom. The van der Waals surface area contributed by atoms with E-state index in [1.165, 1.54) is 0 Å². The first-order valence-electron chi connectivity index (χ1n) is 6.64. The molecule has 0 bridgehead atoms. The summed E-state index contributed by atoms with van der Waals surface area (Å²) in [5.41, 5.74) is 2.18. The van der Waals surface area contributed by atoms with Gasteiger partial charge in [-0.15, -0.1) is 0 Å². The molecule has 0 aliphatic carbocycles. The molecule has 1 aliphatic rings. The van der Waals surface area contributed by atoms with E-state index in [9.17, 15) is 4.79 Å². The summed E-state index contributed by atoms with van der Waals surface area (Å²) >= 11 is 0. The van der Waals surface area contributed by atoms with E-state index in [4.69, 9.17) is 0 Å². The lowest BCUT2D eigenvalue weighted by atomic mass is 10.1. The monoisotopic (exact) mass is 258 g/mol. The minimum atomic E-state index is 0.154. The Labute approximate surface area is 112 Å². The van der Waals surface area contributed by atoms with Crippen molar-refractivity contribution in [3.63, 3.8) is 0 Å². The number of carbonyl (C=O) groups is 1. The number of nitrogens with one attached hydrogen (secondary N) is 2. The van der Waals surface area contributed by atoms with Crippen LogP contribution >= 0.6 is 0 Å². The van der Waals surface area contributed by atoms with Crippen LogP contribution in [-0.2, 0) is 18.4 Å². The van der Waals surface area contributed by atoms with Crippen molar-refractivity contribution in [2.45, 2.75) is 25.4 Å². The van der Waals surface area contributed by atoms with Crippen molar-refractivity contribution in [1.29, 1.82) is 0 Å². The van der Waals surface area contributed by atoms with Crippen LogP contribution in [0.2, 0.25) is 0 Å². The van der Waals surface area contributed by atoms with Crippen LogP contribution in [0.1, 0.15) is 18.7 Å². The van der Waals surface area contributed by atoms with E-state index in [0.717, 1.165) is 29.8 Å². The van der Waals surface area contributed by atoms with E-state index in [2.05, 4.69) is 26.3 Å². The highest BCUT2D eigenvalue weighted by molar-refractivity contribution is 5.77. The van der Waals surface area contributed by atoms with Crippen molar-refractivity contribution in [2.24, 2.45) is 7.05 Å². The number of rotatable bonds is 3. The number of aromatic nitrogens is 2. The van der Waals surface area contributed by atoms with Gasteiger partial charge in [-0.3, -0.25) is 4.79 Å². The number of nitrogens with zero attached hydrogens (tertiary/aromatic N) is 2. The Kier molecular flexibility index (Phi) is 3.21. The molecule has 5 heteroatoms. The van der Waals surface area contributed by atoms with Crippen molar-refractivity contribution in [3.8, 4) is 0 Å². The van der Waals surface area contributed by atoms with Crippen molar-refractivity contribution >= 4 is 16.9 Å². The molecule has 2 N–H and O–H groups in total. The van der Waals surface area contributed by atoms with Gasteiger partial charge in [-0.05, 0) is 18.6 Å².